The number of anilines is 1. The smallest absolute Gasteiger partial charge is 0.333 e. The van der Waals surface area contributed by atoms with E-state index in [1.807, 2.05) is 30.3 Å². The first kappa shape index (κ1) is 15.0. The van der Waals surface area contributed by atoms with Crippen LogP contribution in [0.25, 0.3) is 0 Å². The number of nitro groups is 1. The molecule has 1 unspecified atom stereocenters. The van der Waals surface area contributed by atoms with Gasteiger partial charge in [0.2, 0.25) is 5.82 Å². The van der Waals surface area contributed by atoms with E-state index in [0.717, 1.165) is 5.56 Å². The van der Waals surface area contributed by atoms with Crippen LogP contribution in [0, 0.1) is 17.0 Å². The van der Waals surface area contributed by atoms with E-state index in [4.69, 9.17) is 0 Å². The summed E-state index contributed by atoms with van der Waals surface area (Å²) in [4.78, 5) is 10.6. The van der Waals surface area contributed by atoms with E-state index in [1.165, 1.54) is 4.68 Å². The van der Waals surface area contributed by atoms with Gasteiger partial charge in [-0.1, -0.05) is 30.3 Å². The highest BCUT2D eigenvalue weighted by atomic mass is 16.6. The molecule has 0 aliphatic rings. The molecular weight excluding hydrogens is 272 g/mol. The second kappa shape index (κ2) is 6.36. The molecule has 0 saturated heterocycles. The average Bonchev–Trinajstić information content (AvgIpc) is 2.72. The van der Waals surface area contributed by atoms with Crippen molar-refractivity contribution in [3.8, 4) is 0 Å². The van der Waals surface area contributed by atoms with E-state index in [1.54, 1.807) is 14.0 Å². The van der Waals surface area contributed by atoms with Crippen LogP contribution in [0.3, 0.4) is 0 Å². The Kier molecular flexibility index (Phi) is 4.54. The zero-order valence-corrected chi connectivity index (χ0v) is 12.0. The minimum atomic E-state index is -0.637. The van der Waals surface area contributed by atoms with Gasteiger partial charge in [0.1, 0.15) is 5.69 Å². The van der Waals surface area contributed by atoms with Crippen molar-refractivity contribution in [2.45, 2.75) is 19.4 Å². The van der Waals surface area contributed by atoms with Gasteiger partial charge < -0.3 is 10.4 Å². The van der Waals surface area contributed by atoms with Crippen LogP contribution in [0.1, 0.15) is 11.3 Å². The number of benzene rings is 1. The lowest BCUT2D eigenvalue weighted by Crippen LogP contribution is -2.23. The van der Waals surface area contributed by atoms with E-state index >= 15 is 0 Å². The number of hydrogen-bond acceptors (Lipinski definition) is 5. The number of aryl methyl sites for hydroxylation is 2. The number of hydrogen-bond donors (Lipinski definition) is 2. The Morgan fingerprint density at radius 1 is 1.43 bits per heavy atom. The second-order valence-electron chi connectivity index (χ2n) is 4.89. The molecule has 0 aliphatic carbocycles. The van der Waals surface area contributed by atoms with Crippen molar-refractivity contribution in [3.63, 3.8) is 0 Å². The number of nitrogens with zero attached hydrogens (tertiary/aromatic N) is 3. The molecule has 0 radical (unpaired) electrons. The number of aliphatic hydroxyl groups excluding tert-OH is 1. The Morgan fingerprint density at radius 2 is 2.10 bits per heavy atom. The molecule has 7 nitrogen and oxygen atoms in total. The molecular formula is C14H18N4O3. The topological polar surface area (TPSA) is 93.2 Å². The molecule has 1 heterocycles. The van der Waals surface area contributed by atoms with Gasteiger partial charge in [0.05, 0.1) is 11.0 Å². The molecule has 2 aromatic rings. The highest BCUT2D eigenvalue weighted by molar-refractivity contribution is 5.59. The fourth-order valence-electron chi connectivity index (χ4n) is 2.24. The molecule has 0 saturated carbocycles. The Bertz CT molecular complexity index is 625. The van der Waals surface area contributed by atoms with Gasteiger partial charge in [-0.15, -0.1) is 0 Å². The molecule has 0 bridgehead atoms. The monoisotopic (exact) mass is 290 g/mol. The summed E-state index contributed by atoms with van der Waals surface area (Å²) in [6.45, 7) is 1.80. The van der Waals surface area contributed by atoms with E-state index < -0.39 is 11.0 Å². The number of aromatic nitrogens is 2. The summed E-state index contributed by atoms with van der Waals surface area (Å²) < 4.78 is 1.42. The van der Waals surface area contributed by atoms with Gasteiger partial charge in [0, 0.05) is 20.0 Å². The fraction of sp³-hybridized carbons (Fsp3) is 0.357. The first-order valence-corrected chi connectivity index (χ1v) is 6.63. The van der Waals surface area contributed by atoms with E-state index in [9.17, 15) is 15.2 Å². The van der Waals surface area contributed by atoms with Crippen LogP contribution < -0.4 is 5.32 Å². The summed E-state index contributed by atoms with van der Waals surface area (Å²) in [5, 5.41) is 28.0. The van der Waals surface area contributed by atoms with Crippen molar-refractivity contribution in [1.82, 2.24) is 9.78 Å². The van der Waals surface area contributed by atoms with Gasteiger partial charge in [-0.2, -0.15) is 5.10 Å². The number of rotatable bonds is 6. The zero-order chi connectivity index (χ0) is 15.4. The maximum atomic E-state index is 11.0. The summed E-state index contributed by atoms with van der Waals surface area (Å²) in [7, 11) is 1.63. The maximum absolute atomic E-state index is 11.0. The Morgan fingerprint density at radius 3 is 2.71 bits per heavy atom. The standard InChI is InChI=1S/C14H18N4O3/c1-10-13(18(20)21)14(17(2)16-10)15-9-12(19)8-11-6-4-3-5-7-11/h3-7,12,15,19H,8-9H2,1-2H3. The third-order valence-corrected chi connectivity index (χ3v) is 3.19. The molecule has 0 amide bonds. The number of aliphatic hydroxyl groups is 1. The third kappa shape index (κ3) is 3.57. The van der Waals surface area contributed by atoms with Crippen molar-refractivity contribution in [2.24, 2.45) is 7.05 Å². The molecule has 2 rings (SSSR count). The van der Waals surface area contributed by atoms with Crippen molar-refractivity contribution in [1.29, 1.82) is 0 Å². The normalized spacial score (nSPS) is 12.1. The van der Waals surface area contributed by atoms with Crippen molar-refractivity contribution < 1.29 is 10.0 Å². The molecule has 0 spiro atoms. The predicted octanol–water partition coefficient (Wildman–Crippen LogP) is 1.65. The Hall–Kier alpha value is -2.41. The lowest BCUT2D eigenvalue weighted by Gasteiger charge is -2.12. The summed E-state index contributed by atoms with van der Waals surface area (Å²) in [6, 6.07) is 9.59. The van der Waals surface area contributed by atoms with E-state index in [2.05, 4.69) is 10.4 Å². The first-order valence-electron chi connectivity index (χ1n) is 6.63. The highest BCUT2D eigenvalue weighted by Gasteiger charge is 2.24. The van der Waals surface area contributed by atoms with E-state index in [-0.39, 0.29) is 12.2 Å². The zero-order valence-electron chi connectivity index (χ0n) is 12.0. The van der Waals surface area contributed by atoms with Gasteiger partial charge in [0.15, 0.2) is 0 Å². The minimum absolute atomic E-state index is 0.0515. The molecule has 1 atom stereocenters. The molecule has 1 aromatic carbocycles. The molecule has 112 valence electrons. The van der Waals surface area contributed by atoms with Crippen molar-refractivity contribution in [3.05, 3.63) is 51.7 Å². The van der Waals surface area contributed by atoms with Crippen LogP contribution in [0.2, 0.25) is 0 Å². The summed E-state index contributed by atoms with van der Waals surface area (Å²) >= 11 is 0. The third-order valence-electron chi connectivity index (χ3n) is 3.19. The van der Waals surface area contributed by atoms with Gasteiger partial charge in [0.25, 0.3) is 0 Å². The lowest BCUT2D eigenvalue weighted by molar-refractivity contribution is -0.384. The second-order valence-corrected chi connectivity index (χ2v) is 4.89. The van der Waals surface area contributed by atoms with Crippen LogP contribution in [0.5, 0.6) is 0 Å². The van der Waals surface area contributed by atoms with Gasteiger partial charge >= 0.3 is 5.69 Å². The van der Waals surface area contributed by atoms with Gasteiger partial charge in [-0.05, 0) is 12.5 Å². The lowest BCUT2D eigenvalue weighted by atomic mass is 10.1. The molecule has 21 heavy (non-hydrogen) atoms. The predicted molar refractivity (Wildman–Crippen MR) is 79.2 cm³/mol. The van der Waals surface area contributed by atoms with Crippen molar-refractivity contribution in [2.75, 3.05) is 11.9 Å². The summed E-state index contributed by atoms with van der Waals surface area (Å²) in [5.41, 5.74) is 1.31. The van der Waals surface area contributed by atoms with Crippen LogP contribution >= 0.6 is 0 Å². The van der Waals surface area contributed by atoms with Gasteiger partial charge in [-0.25, -0.2) is 4.68 Å². The van der Waals surface area contributed by atoms with Crippen LogP contribution in [-0.4, -0.2) is 32.5 Å². The largest absolute Gasteiger partial charge is 0.391 e. The van der Waals surface area contributed by atoms with E-state index in [0.29, 0.717) is 17.9 Å². The molecule has 0 fully saturated rings. The van der Waals surface area contributed by atoms with Crippen LogP contribution in [0.15, 0.2) is 30.3 Å². The molecule has 0 aliphatic heterocycles. The molecule has 1 aromatic heterocycles. The Labute approximate surface area is 122 Å². The summed E-state index contributed by atoms with van der Waals surface area (Å²) in [5.74, 6) is 0.310. The first-order chi connectivity index (χ1) is 9.99. The van der Waals surface area contributed by atoms with Crippen LogP contribution in [0.4, 0.5) is 11.5 Å². The fourth-order valence-corrected chi connectivity index (χ4v) is 2.24. The average molecular weight is 290 g/mol. The number of nitrogens with one attached hydrogen (secondary N) is 1. The molecule has 7 heteroatoms. The van der Waals surface area contributed by atoms with Crippen molar-refractivity contribution >= 4 is 11.5 Å². The quantitative estimate of drug-likeness (QED) is 0.623. The molecule has 2 N–H and O–H groups in total. The SMILES string of the molecule is Cc1nn(C)c(NCC(O)Cc2ccccc2)c1[N+](=O)[O-]. The minimum Gasteiger partial charge on any atom is -0.391 e. The van der Waals surface area contributed by atoms with Crippen LogP contribution in [-0.2, 0) is 13.5 Å². The maximum Gasteiger partial charge on any atom is 0.333 e. The van der Waals surface area contributed by atoms with Gasteiger partial charge in [-0.3, -0.25) is 10.1 Å². The highest BCUT2D eigenvalue weighted by Crippen LogP contribution is 2.27. The Balaban J connectivity index is 2.01. The summed E-state index contributed by atoms with van der Waals surface area (Å²) in [6.07, 6.45) is -0.152.